The molecule has 3 aromatic heterocycles. The van der Waals surface area contributed by atoms with Crippen LogP contribution in [0.2, 0.25) is 0 Å². The Balaban J connectivity index is 0.000000127. The molecule has 0 spiro atoms. The molecule has 0 N–H and O–H groups in total. The minimum absolute atomic E-state index is 0. The van der Waals surface area contributed by atoms with Crippen molar-refractivity contribution in [2.24, 2.45) is 0 Å². The van der Waals surface area contributed by atoms with Gasteiger partial charge in [0.05, 0.1) is 24.6 Å². The van der Waals surface area contributed by atoms with Crippen LogP contribution in [-0.2, 0) is 20.1 Å². The molecule has 0 bridgehead atoms. The third kappa shape index (κ3) is 8.40. The summed E-state index contributed by atoms with van der Waals surface area (Å²) in [4.78, 5) is 7.67. The molecule has 11 aromatic rings. The van der Waals surface area contributed by atoms with Gasteiger partial charge >= 0.3 is 0 Å². The maximum absolute atomic E-state index is 11.6. The Labute approximate surface area is 364 Å². The summed E-state index contributed by atoms with van der Waals surface area (Å²) in [7, 11) is 0. The molecular weight excluding hydrogens is 943 g/mol. The molecule has 0 saturated carbocycles. The maximum Gasteiger partial charge on any atom is 0.226 e. The molecule has 12 heteroatoms. The summed E-state index contributed by atoms with van der Waals surface area (Å²) < 4.78 is 17.0. The van der Waals surface area contributed by atoms with E-state index in [4.69, 9.17) is 13.9 Å². The molecule has 11 rings (SSSR count). The van der Waals surface area contributed by atoms with Gasteiger partial charge in [0.1, 0.15) is 39.1 Å². The number of rotatable bonds is 7. The summed E-state index contributed by atoms with van der Waals surface area (Å²) in [6.45, 7) is 5.27. The van der Waals surface area contributed by atoms with Crippen molar-refractivity contribution in [3.05, 3.63) is 170 Å². The summed E-state index contributed by atoms with van der Waals surface area (Å²) >= 11 is 0. The first-order valence-electron chi connectivity index (χ1n) is 19.6. The van der Waals surface area contributed by atoms with E-state index >= 15 is 0 Å². The van der Waals surface area contributed by atoms with Gasteiger partial charge in [0, 0.05) is 47.2 Å². The van der Waals surface area contributed by atoms with Gasteiger partial charge in [0.15, 0.2) is 5.58 Å². The summed E-state index contributed by atoms with van der Waals surface area (Å²) in [6, 6.07) is 54.2. The van der Waals surface area contributed by atoms with Gasteiger partial charge < -0.3 is 19.0 Å². The number of para-hydroxylation sites is 3. The normalized spacial score (nSPS) is 10.9. The van der Waals surface area contributed by atoms with E-state index in [1.807, 2.05) is 135 Å². The zero-order chi connectivity index (χ0) is 40.8. The smallest absolute Gasteiger partial charge is 0.226 e. The summed E-state index contributed by atoms with van der Waals surface area (Å²) in [5, 5.41) is 34.2. The first-order chi connectivity index (χ1) is 29.6. The van der Waals surface area contributed by atoms with Crippen LogP contribution in [0.4, 0.5) is 0 Å². The van der Waals surface area contributed by atoms with Crippen molar-refractivity contribution in [2.75, 3.05) is 13.2 Å². The fourth-order valence-corrected chi connectivity index (χ4v) is 6.99. The van der Waals surface area contributed by atoms with Gasteiger partial charge in [0.25, 0.3) is 0 Å². The Morgan fingerprint density at radius 2 is 0.852 bits per heavy atom. The SMILES string of the molecule is CCOc1ccc(-n2nc3ccccc3n2)c2ccccc12.CCOc1ccc(-n2nc3ccccc3n2)c2ccccc12.[Ir].[O-]c1ccccc1-c1nc2ccccc2o1. The number of nitrogens with zero attached hydrogens (tertiary/aromatic N) is 7. The largest absolute Gasteiger partial charge is 0.872 e. The first kappa shape index (κ1) is 40.4. The second-order valence-corrected chi connectivity index (χ2v) is 13.6. The average Bonchev–Trinajstić information content (AvgIpc) is 4.05. The van der Waals surface area contributed by atoms with E-state index in [2.05, 4.69) is 49.6 Å². The predicted molar refractivity (Wildman–Crippen MR) is 234 cm³/mol. The van der Waals surface area contributed by atoms with Gasteiger partial charge in [-0.15, -0.1) is 30.0 Å². The van der Waals surface area contributed by atoms with Crippen molar-refractivity contribution in [3.8, 4) is 40.1 Å². The zero-order valence-electron chi connectivity index (χ0n) is 33.2. The molecule has 8 aromatic carbocycles. The fourth-order valence-electron chi connectivity index (χ4n) is 6.99. The molecule has 11 nitrogen and oxygen atoms in total. The van der Waals surface area contributed by atoms with E-state index in [1.165, 1.54) is 6.07 Å². The Hall–Kier alpha value is -7.40. The molecular formula is C49H38IrN7O4-. The van der Waals surface area contributed by atoms with E-state index in [-0.39, 0.29) is 25.9 Å². The molecule has 0 aliphatic heterocycles. The molecule has 0 aliphatic rings. The summed E-state index contributed by atoms with van der Waals surface area (Å²) in [6.07, 6.45) is 0. The van der Waals surface area contributed by atoms with Crippen molar-refractivity contribution >= 4 is 54.7 Å². The standard InChI is InChI=1S/2C18H15N3O.C13H9NO2.Ir/c2*1-2-22-18-12-11-17(13-7-3-4-8-14(13)18)21-19-15-9-5-6-10-16(15)20-21;15-11-7-3-1-5-9(11)13-14-10-6-2-4-8-12(10)16-13;/h2*3-12H,2H2,1H3;1-8,15H;/p-1. The van der Waals surface area contributed by atoms with Crippen LogP contribution in [0.3, 0.4) is 0 Å². The number of aromatic nitrogens is 7. The number of hydrogen-bond donors (Lipinski definition) is 0. The number of oxazole rings is 1. The van der Waals surface area contributed by atoms with Crippen LogP contribution in [0.5, 0.6) is 17.2 Å². The van der Waals surface area contributed by atoms with Crippen molar-refractivity contribution in [1.29, 1.82) is 0 Å². The van der Waals surface area contributed by atoms with Gasteiger partial charge in [-0.3, -0.25) is 0 Å². The second kappa shape index (κ2) is 18.3. The molecule has 0 saturated heterocycles. The van der Waals surface area contributed by atoms with Crippen LogP contribution in [0, 0.1) is 0 Å². The Kier molecular flexibility index (Phi) is 12.1. The quantitative estimate of drug-likeness (QED) is 0.153. The zero-order valence-corrected chi connectivity index (χ0v) is 35.6. The number of hydrogen-bond acceptors (Lipinski definition) is 9. The third-order valence-corrected chi connectivity index (χ3v) is 9.74. The molecule has 3 heterocycles. The number of fused-ring (bicyclic) bond motifs is 5. The van der Waals surface area contributed by atoms with Crippen LogP contribution >= 0.6 is 0 Å². The predicted octanol–water partition coefficient (Wildman–Crippen LogP) is 10.5. The van der Waals surface area contributed by atoms with E-state index in [9.17, 15) is 5.11 Å². The Morgan fingerprint density at radius 3 is 1.30 bits per heavy atom. The maximum atomic E-state index is 11.6. The van der Waals surface area contributed by atoms with Crippen LogP contribution in [-0.4, -0.2) is 48.2 Å². The van der Waals surface area contributed by atoms with Gasteiger partial charge in [-0.2, -0.15) is 0 Å². The topological polar surface area (TPSA) is 129 Å². The third-order valence-electron chi connectivity index (χ3n) is 9.74. The molecule has 0 amide bonds. The van der Waals surface area contributed by atoms with E-state index in [0.29, 0.717) is 30.3 Å². The molecule has 0 aliphatic carbocycles. The molecule has 61 heavy (non-hydrogen) atoms. The monoisotopic (exact) mass is 981 g/mol. The van der Waals surface area contributed by atoms with Crippen molar-refractivity contribution in [1.82, 2.24) is 35.0 Å². The van der Waals surface area contributed by atoms with Crippen LogP contribution in [0.15, 0.2) is 174 Å². The van der Waals surface area contributed by atoms with Crippen LogP contribution < -0.4 is 14.6 Å². The molecule has 0 fully saturated rings. The molecule has 0 atom stereocenters. The van der Waals surface area contributed by atoms with E-state index in [1.54, 1.807) is 27.8 Å². The van der Waals surface area contributed by atoms with Crippen LogP contribution in [0.1, 0.15) is 13.8 Å². The Bertz CT molecular complexity index is 2990. The summed E-state index contributed by atoms with van der Waals surface area (Å²) in [5.41, 5.74) is 7.42. The molecule has 0 unspecified atom stereocenters. The minimum Gasteiger partial charge on any atom is -0.872 e. The molecule has 303 valence electrons. The first-order valence-corrected chi connectivity index (χ1v) is 19.6. The molecule has 1 radical (unpaired) electrons. The summed E-state index contributed by atoms with van der Waals surface area (Å²) in [5.74, 6) is 2.08. The van der Waals surface area contributed by atoms with Gasteiger partial charge in [-0.1, -0.05) is 115 Å². The minimum atomic E-state index is -0.0749. The average molecular weight is 981 g/mol. The Morgan fingerprint density at radius 1 is 0.459 bits per heavy atom. The van der Waals surface area contributed by atoms with Gasteiger partial charge in [0.2, 0.25) is 5.89 Å². The fraction of sp³-hybridized carbons (Fsp3) is 0.0816. The van der Waals surface area contributed by atoms with Gasteiger partial charge in [-0.05, 0) is 74.5 Å². The van der Waals surface area contributed by atoms with Crippen LogP contribution in [0.25, 0.3) is 77.5 Å². The number of ether oxygens (including phenoxy) is 2. The van der Waals surface area contributed by atoms with E-state index in [0.717, 1.165) is 72.0 Å². The van der Waals surface area contributed by atoms with Crippen molar-refractivity contribution in [3.63, 3.8) is 0 Å². The number of benzene rings is 8. The van der Waals surface area contributed by atoms with Crippen molar-refractivity contribution < 1.29 is 39.1 Å². The second-order valence-electron chi connectivity index (χ2n) is 13.6. The van der Waals surface area contributed by atoms with Crippen molar-refractivity contribution in [2.45, 2.75) is 13.8 Å². The van der Waals surface area contributed by atoms with E-state index < -0.39 is 0 Å². The van der Waals surface area contributed by atoms with Gasteiger partial charge in [-0.25, -0.2) is 4.98 Å².